The van der Waals surface area contributed by atoms with Gasteiger partial charge in [-0.15, -0.1) is 0 Å². The van der Waals surface area contributed by atoms with Crippen molar-refractivity contribution < 1.29 is 9.47 Å². The summed E-state index contributed by atoms with van der Waals surface area (Å²) in [5.41, 5.74) is 8.02. The zero-order chi connectivity index (χ0) is 13.0. The van der Waals surface area contributed by atoms with Crippen LogP contribution in [0.4, 0.5) is 0 Å². The Labute approximate surface area is 106 Å². The molecule has 0 aliphatic heterocycles. The fourth-order valence-electron chi connectivity index (χ4n) is 1.91. The van der Waals surface area contributed by atoms with Gasteiger partial charge in [0, 0.05) is 12.4 Å². The monoisotopic (exact) mass is 244 g/mol. The zero-order valence-electron chi connectivity index (χ0n) is 10.5. The molecule has 0 aliphatic carbocycles. The van der Waals surface area contributed by atoms with Gasteiger partial charge in [-0.3, -0.25) is 4.98 Å². The predicted molar refractivity (Wildman–Crippen MR) is 69.8 cm³/mol. The second-order valence-electron chi connectivity index (χ2n) is 3.84. The Bertz CT molecular complexity index is 492. The molecule has 1 heterocycles. The molecule has 0 amide bonds. The molecule has 0 saturated carbocycles. The van der Waals surface area contributed by atoms with Crippen molar-refractivity contribution in [1.29, 1.82) is 0 Å². The molecule has 1 aromatic carbocycles. The van der Waals surface area contributed by atoms with E-state index in [4.69, 9.17) is 15.2 Å². The Morgan fingerprint density at radius 1 is 1.06 bits per heavy atom. The van der Waals surface area contributed by atoms with Crippen molar-refractivity contribution in [3.63, 3.8) is 0 Å². The molecule has 0 saturated heterocycles. The third kappa shape index (κ3) is 2.28. The Kier molecular flexibility index (Phi) is 3.79. The molecular formula is C14H16N2O2. The van der Waals surface area contributed by atoms with Gasteiger partial charge in [0.15, 0.2) is 0 Å². The van der Waals surface area contributed by atoms with E-state index in [1.54, 1.807) is 26.6 Å². The number of hydrogen-bond donors (Lipinski definition) is 1. The lowest BCUT2D eigenvalue weighted by Gasteiger charge is -2.18. The third-order valence-electron chi connectivity index (χ3n) is 2.82. The number of nitrogens with two attached hydrogens (primary N) is 1. The zero-order valence-corrected chi connectivity index (χ0v) is 10.5. The minimum atomic E-state index is -0.329. The molecule has 1 atom stereocenters. The summed E-state index contributed by atoms with van der Waals surface area (Å²) in [7, 11) is 3.24. The first-order chi connectivity index (χ1) is 8.77. The Hall–Kier alpha value is -2.07. The summed E-state index contributed by atoms with van der Waals surface area (Å²) in [5.74, 6) is 1.43. The first-order valence-corrected chi connectivity index (χ1v) is 5.64. The molecule has 0 fully saturated rings. The highest BCUT2D eigenvalue weighted by Crippen LogP contribution is 2.35. The van der Waals surface area contributed by atoms with Crippen LogP contribution in [0.15, 0.2) is 42.7 Å². The van der Waals surface area contributed by atoms with Crippen molar-refractivity contribution in [1.82, 2.24) is 4.98 Å². The standard InChI is InChI=1S/C14H16N2O2/c1-17-11-6-3-7-12(18-2)13(11)14(15)10-5-4-8-16-9-10/h3-9,14H,15H2,1-2H3. The highest BCUT2D eigenvalue weighted by atomic mass is 16.5. The van der Waals surface area contributed by atoms with Crippen LogP contribution in [0.1, 0.15) is 17.2 Å². The number of hydrogen-bond acceptors (Lipinski definition) is 4. The number of pyridine rings is 1. The average Bonchev–Trinajstić information content (AvgIpc) is 2.46. The van der Waals surface area contributed by atoms with E-state index in [1.165, 1.54) is 0 Å². The van der Waals surface area contributed by atoms with Crippen LogP contribution in [0, 0.1) is 0 Å². The number of nitrogens with zero attached hydrogens (tertiary/aromatic N) is 1. The summed E-state index contributed by atoms with van der Waals surface area (Å²) < 4.78 is 10.7. The van der Waals surface area contributed by atoms with Crippen molar-refractivity contribution in [2.24, 2.45) is 5.73 Å². The van der Waals surface area contributed by atoms with Gasteiger partial charge < -0.3 is 15.2 Å². The van der Waals surface area contributed by atoms with Gasteiger partial charge in [0.2, 0.25) is 0 Å². The van der Waals surface area contributed by atoms with E-state index in [9.17, 15) is 0 Å². The van der Waals surface area contributed by atoms with Gasteiger partial charge in [-0.25, -0.2) is 0 Å². The van der Waals surface area contributed by atoms with Gasteiger partial charge in [-0.2, -0.15) is 0 Å². The number of rotatable bonds is 4. The number of methoxy groups -OCH3 is 2. The van der Waals surface area contributed by atoms with E-state index < -0.39 is 0 Å². The quantitative estimate of drug-likeness (QED) is 0.895. The lowest BCUT2D eigenvalue weighted by molar-refractivity contribution is 0.382. The molecule has 18 heavy (non-hydrogen) atoms. The first kappa shape index (κ1) is 12.4. The number of benzene rings is 1. The summed E-state index contributed by atoms with van der Waals surface area (Å²) in [6, 6.07) is 9.07. The maximum absolute atomic E-state index is 6.27. The van der Waals surface area contributed by atoms with Crippen LogP contribution in [-0.2, 0) is 0 Å². The van der Waals surface area contributed by atoms with Crippen LogP contribution in [0.3, 0.4) is 0 Å². The largest absolute Gasteiger partial charge is 0.496 e. The van der Waals surface area contributed by atoms with E-state index in [0.29, 0.717) is 11.5 Å². The molecule has 4 heteroatoms. The van der Waals surface area contributed by atoms with Gasteiger partial charge in [-0.1, -0.05) is 12.1 Å². The van der Waals surface area contributed by atoms with Crippen LogP contribution >= 0.6 is 0 Å². The fraction of sp³-hybridized carbons (Fsp3) is 0.214. The fourth-order valence-corrected chi connectivity index (χ4v) is 1.91. The van der Waals surface area contributed by atoms with Gasteiger partial charge in [0.05, 0.1) is 25.8 Å². The summed E-state index contributed by atoms with van der Waals surface area (Å²) in [5, 5.41) is 0. The summed E-state index contributed by atoms with van der Waals surface area (Å²) in [6.45, 7) is 0. The number of ether oxygens (including phenoxy) is 2. The Morgan fingerprint density at radius 3 is 2.22 bits per heavy atom. The summed E-state index contributed by atoms with van der Waals surface area (Å²) in [4.78, 5) is 4.08. The SMILES string of the molecule is COc1cccc(OC)c1C(N)c1cccnc1. The van der Waals surface area contributed by atoms with Crippen LogP contribution in [-0.4, -0.2) is 19.2 Å². The molecule has 1 aromatic heterocycles. The van der Waals surface area contributed by atoms with Crippen molar-refractivity contribution in [3.8, 4) is 11.5 Å². The second-order valence-corrected chi connectivity index (χ2v) is 3.84. The third-order valence-corrected chi connectivity index (χ3v) is 2.82. The second kappa shape index (κ2) is 5.51. The van der Waals surface area contributed by atoms with E-state index in [-0.39, 0.29) is 6.04 Å². The Morgan fingerprint density at radius 2 is 1.72 bits per heavy atom. The molecule has 2 aromatic rings. The molecule has 0 radical (unpaired) electrons. The van der Waals surface area contributed by atoms with Crippen LogP contribution in [0.25, 0.3) is 0 Å². The maximum atomic E-state index is 6.27. The van der Waals surface area contributed by atoms with E-state index in [0.717, 1.165) is 11.1 Å². The van der Waals surface area contributed by atoms with Gasteiger partial charge in [0.25, 0.3) is 0 Å². The minimum absolute atomic E-state index is 0.329. The Balaban J connectivity index is 2.49. The van der Waals surface area contributed by atoms with Crippen molar-refractivity contribution in [2.75, 3.05) is 14.2 Å². The molecule has 94 valence electrons. The van der Waals surface area contributed by atoms with Crippen LogP contribution in [0.5, 0.6) is 11.5 Å². The number of aromatic nitrogens is 1. The molecule has 0 aliphatic rings. The molecule has 2 rings (SSSR count). The van der Waals surface area contributed by atoms with Crippen molar-refractivity contribution in [3.05, 3.63) is 53.9 Å². The topological polar surface area (TPSA) is 57.4 Å². The van der Waals surface area contributed by atoms with Crippen molar-refractivity contribution in [2.45, 2.75) is 6.04 Å². The maximum Gasteiger partial charge on any atom is 0.127 e. The predicted octanol–water partition coefficient (Wildman–Crippen LogP) is 2.15. The molecule has 0 spiro atoms. The van der Waals surface area contributed by atoms with Crippen molar-refractivity contribution >= 4 is 0 Å². The molecule has 2 N–H and O–H groups in total. The highest BCUT2D eigenvalue weighted by molar-refractivity contribution is 5.49. The molecule has 0 bridgehead atoms. The highest BCUT2D eigenvalue weighted by Gasteiger charge is 2.18. The first-order valence-electron chi connectivity index (χ1n) is 5.64. The van der Waals surface area contributed by atoms with E-state index in [1.807, 2.05) is 30.3 Å². The molecular weight excluding hydrogens is 228 g/mol. The molecule has 1 unspecified atom stereocenters. The van der Waals surface area contributed by atoms with Crippen LogP contribution in [0.2, 0.25) is 0 Å². The summed E-state index contributed by atoms with van der Waals surface area (Å²) in [6.07, 6.45) is 3.46. The van der Waals surface area contributed by atoms with Gasteiger partial charge in [-0.05, 0) is 23.8 Å². The average molecular weight is 244 g/mol. The molecule has 4 nitrogen and oxygen atoms in total. The van der Waals surface area contributed by atoms with Crippen LogP contribution < -0.4 is 15.2 Å². The smallest absolute Gasteiger partial charge is 0.127 e. The van der Waals surface area contributed by atoms with Gasteiger partial charge >= 0.3 is 0 Å². The van der Waals surface area contributed by atoms with Gasteiger partial charge in [0.1, 0.15) is 11.5 Å². The van der Waals surface area contributed by atoms with E-state index in [2.05, 4.69) is 4.98 Å². The minimum Gasteiger partial charge on any atom is -0.496 e. The normalized spacial score (nSPS) is 11.9. The van der Waals surface area contributed by atoms with E-state index >= 15 is 0 Å². The summed E-state index contributed by atoms with van der Waals surface area (Å²) >= 11 is 0. The lowest BCUT2D eigenvalue weighted by Crippen LogP contribution is -2.14. The lowest BCUT2D eigenvalue weighted by atomic mass is 9.99.